The van der Waals surface area contributed by atoms with E-state index in [1.165, 1.54) is 7.11 Å². The third kappa shape index (κ3) is 3.95. The van der Waals surface area contributed by atoms with E-state index in [0.29, 0.717) is 30.5 Å². The van der Waals surface area contributed by atoms with Crippen molar-refractivity contribution in [2.75, 3.05) is 55.5 Å². The highest BCUT2D eigenvalue weighted by Crippen LogP contribution is 2.40. The van der Waals surface area contributed by atoms with Gasteiger partial charge in [-0.2, -0.15) is 4.98 Å². The van der Waals surface area contributed by atoms with Crippen LogP contribution in [0.3, 0.4) is 0 Å². The Hall–Kier alpha value is -3.72. The number of rotatable bonds is 4. The summed E-state index contributed by atoms with van der Waals surface area (Å²) in [6.45, 7) is 5.54. The van der Waals surface area contributed by atoms with Crippen molar-refractivity contribution in [2.24, 2.45) is 0 Å². The molecule has 0 radical (unpaired) electrons. The van der Waals surface area contributed by atoms with Gasteiger partial charge in [0.15, 0.2) is 0 Å². The van der Waals surface area contributed by atoms with Crippen LogP contribution in [0.25, 0.3) is 11.3 Å². The molecule has 9 nitrogen and oxygen atoms in total. The highest BCUT2D eigenvalue weighted by atomic mass is 16.5. The predicted octanol–water partition coefficient (Wildman–Crippen LogP) is 2.75. The third-order valence-corrected chi connectivity index (χ3v) is 6.08. The number of pyridine rings is 1. The summed E-state index contributed by atoms with van der Waals surface area (Å²) in [5.74, 6) is 1.69. The summed E-state index contributed by atoms with van der Waals surface area (Å²) in [6.07, 6.45) is 2.57. The molecule has 1 aromatic carbocycles. The Bertz CT molecular complexity index is 1190. The molecule has 2 aliphatic rings. The van der Waals surface area contributed by atoms with Crippen molar-refractivity contribution in [3.63, 3.8) is 0 Å². The van der Waals surface area contributed by atoms with Gasteiger partial charge in [-0.25, -0.2) is 14.8 Å². The number of aromatic nitrogens is 3. The number of hydrogen-bond acceptors (Lipinski definition) is 9. The summed E-state index contributed by atoms with van der Waals surface area (Å²) < 4.78 is 10.4. The number of morpholine rings is 1. The van der Waals surface area contributed by atoms with Gasteiger partial charge in [0.05, 0.1) is 31.6 Å². The van der Waals surface area contributed by atoms with Gasteiger partial charge in [-0.15, -0.1) is 0 Å². The van der Waals surface area contributed by atoms with E-state index in [0.717, 1.165) is 59.9 Å². The second kappa shape index (κ2) is 8.67. The third-order valence-electron chi connectivity index (χ3n) is 6.08. The number of nitrogens with zero attached hydrogens (tertiary/aromatic N) is 5. The van der Waals surface area contributed by atoms with Crippen LogP contribution in [0.1, 0.15) is 21.5 Å². The SMILES string of the molecule is COC(=O)c1ccc(N2CCc3c(-c4ccc(N)nc4)nc(N4CCOCC4)nc32)c(C)c1. The van der Waals surface area contributed by atoms with E-state index in [1.54, 1.807) is 18.3 Å². The quantitative estimate of drug-likeness (QED) is 0.605. The lowest BCUT2D eigenvalue weighted by Gasteiger charge is -2.28. The largest absolute Gasteiger partial charge is 0.465 e. The Kier molecular flexibility index (Phi) is 5.55. The number of nitrogens with two attached hydrogens (primary N) is 1. The summed E-state index contributed by atoms with van der Waals surface area (Å²) in [5, 5.41) is 0. The molecule has 5 rings (SSSR count). The van der Waals surface area contributed by atoms with Crippen LogP contribution in [0.15, 0.2) is 36.5 Å². The van der Waals surface area contributed by atoms with Crippen molar-refractivity contribution >= 4 is 29.2 Å². The second-order valence-electron chi connectivity index (χ2n) is 8.14. The van der Waals surface area contributed by atoms with Gasteiger partial charge in [-0.05, 0) is 49.2 Å². The van der Waals surface area contributed by atoms with E-state index in [2.05, 4.69) is 14.8 Å². The molecule has 2 aliphatic heterocycles. The molecular weight excluding hydrogens is 420 g/mol. The number of carbonyl (C=O) groups excluding carboxylic acids is 1. The van der Waals surface area contributed by atoms with Crippen molar-refractivity contribution in [1.82, 2.24) is 15.0 Å². The molecule has 3 aromatic rings. The van der Waals surface area contributed by atoms with Crippen LogP contribution in [0.4, 0.5) is 23.3 Å². The molecule has 2 N–H and O–H groups in total. The summed E-state index contributed by atoms with van der Waals surface area (Å²) in [7, 11) is 1.39. The normalized spacial score (nSPS) is 15.5. The lowest BCUT2D eigenvalue weighted by atomic mass is 10.1. The predicted molar refractivity (Wildman–Crippen MR) is 126 cm³/mol. The van der Waals surface area contributed by atoms with E-state index < -0.39 is 0 Å². The molecule has 170 valence electrons. The molecule has 0 aliphatic carbocycles. The molecule has 0 atom stereocenters. The zero-order valence-electron chi connectivity index (χ0n) is 18.7. The van der Waals surface area contributed by atoms with Gasteiger partial charge in [0.2, 0.25) is 5.95 Å². The van der Waals surface area contributed by atoms with Gasteiger partial charge in [0.1, 0.15) is 11.6 Å². The first kappa shape index (κ1) is 21.1. The zero-order valence-corrected chi connectivity index (χ0v) is 18.7. The van der Waals surface area contributed by atoms with Gasteiger partial charge < -0.3 is 25.0 Å². The topological polar surface area (TPSA) is 107 Å². The molecule has 2 aromatic heterocycles. The number of benzene rings is 1. The lowest BCUT2D eigenvalue weighted by molar-refractivity contribution is 0.0600. The molecule has 0 bridgehead atoms. The lowest BCUT2D eigenvalue weighted by Crippen LogP contribution is -2.37. The number of anilines is 4. The van der Waals surface area contributed by atoms with E-state index in [-0.39, 0.29) is 5.97 Å². The van der Waals surface area contributed by atoms with E-state index in [9.17, 15) is 4.79 Å². The van der Waals surface area contributed by atoms with Crippen molar-refractivity contribution in [3.05, 3.63) is 53.2 Å². The Labute approximate surface area is 192 Å². The fraction of sp³-hybridized carbons (Fsp3) is 0.333. The average Bonchev–Trinajstić information content (AvgIpc) is 3.28. The molecule has 1 saturated heterocycles. The van der Waals surface area contributed by atoms with E-state index >= 15 is 0 Å². The highest BCUT2D eigenvalue weighted by Gasteiger charge is 2.30. The standard InChI is InChI=1S/C24H26N6O3/c1-15-13-16(23(31)32-2)3-5-19(15)30-8-7-18-21(17-4-6-20(25)26-14-17)27-24(28-22(18)30)29-9-11-33-12-10-29/h3-6,13-14H,7-12H2,1-2H3,(H2,25,26). The van der Waals surface area contributed by atoms with Gasteiger partial charge >= 0.3 is 5.97 Å². The highest BCUT2D eigenvalue weighted by molar-refractivity contribution is 5.90. The van der Waals surface area contributed by atoms with Crippen LogP contribution in [0.5, 0.6) is 0 Å². The summed E-state index contributed by atoms with van der Waals surface area (Å²) in [4.78, 5) is 30.5. The fourth-order valence-corrected chi connectivity index (χ4v) is 4.37. The number of ether oxygens (including phenoxy) is 2. The summed E-state index contributed by atoms with van der Waals surface area (Å²) >= 11 is 0. The number of fused-ring (bicyclic) bond motifs is 1. The average molecular weight is 447 g/mol. The van der Waals surface area contributed by atoms with Gasteiger partial charge in [-0.1, -0.05) is 0 Å². The Balaban J connectivity index is 1.61. The molecule has 0 saturated carbocycles. The molecule has 0 spiro atoms. The Morgan fingerprint density at radius 2 is 1.94 bits per heavy atom. The summed E-state index contributed by atoms with van der Waals surface area (Å²) in [5.41, 5.74) is 11.2. The maximum Gasteiger partial charge on any atom is 0.337 e. The van der Waals surface area contributed by atoms with Crippen LogP contribution >= 0.6 is 0 Å². The first-order valence-corrected chi connectivity index (χ1v) is 11.0. The molecule has 0 unspecified atom stereocenters. The number of methoxy groups -OCH3 is 1. The van der Waals surface area contributed by atoms with Crippen LogP contribution in [-0.4, -0.2) is 60.9 Å². The van der Waals surface area contributed by atoms with Crippen molar-refractivity contribution < 1.29 is 14.3 Å². The van der Waals surface area contributed by atoms with E-state index in [1.807, 2.05) is 25.1 Å². The minimum atomic E-state index is -0.346. The van der Waals surface area contributed by atoms with Crippen LogP contribution in [-0.2, 0) is 15.9 Å². The van der Waals surface area contributed by atoms with Crippen LogP contribution < -0.4 is 15.5 Å². The first-order valence-electron chi connectivity index (χ1n) is 11.0. The fourth-order valence-electron chi connectivity index (χ4n) is 4.37. The van der Waals surface area contributed by atoms with Crippen molar-refractivity contribution in [3.8, 4) is 11.3 Å². The van der Waals surface area contributed by atoms with Crippen molar-refractivity contribution in [1.29, 1.82) is 0 Å². The second-order valence-corrected chi connectivity index (χ2v) is 8.14. The van der Waals surface area contributed by atoms with Crippen LogP contribution in [0.2, 0.25) is 0 Å². The monoisotopic (exact) mass is 446 g/mol. The molecular formula is C24H26N6O3. The minimum absolute atomic E-state index is 0.346. The smallest absolute Gasteiger partial charge is 0.337 e. The number of hydrogen-bond donors (Lipinski definition) is 1. The number of nitrogen functional groups attached to an aromatic ring is 1. The molecule has 1 fully saturated rings. The maximum absolute atomic E-state index is 12.0. The molecule has 4 heterocycles. The summed E-state index contributed by atoms with van der Waals surface area (Å²) in [6, 6.07) is 9.35. The number of aryl methyl sites for hydroxylation is 1. The Morgan fingerprint density at radius 1 is 1.12 bits per heavy atom. The van der Waals surface area contributed by atoms with Gasteiger partial charge in [-0.3, -0.25) is 0 Å². The maximum atomic E-state index is 12.0. The number of carbonyl (C=O) groups is 1. The Morgan fingerprint density at radius 3 is 2.64 bits per heavy atom. The minimum Gasteiger partial charge on any atom is -0.465 e. The molecule has 0 amide bonds. The van der Waals surface area contributed by atoms with E-state index in [4.69, 9.17) is 25.2 Å². The van der Waals surface area contributed by atoms with Gasteiger partial charge in [0.25, 0.3) is 0 Å². The van der Waals surface area contributed by atoms with Crippen LogP contribution in [0, 0.1) is 6.92 Å². The molecule has 33 heavy (non-hydrogen) atoms. The van der Waals surface area contributed by atoms with Gasteiger partial charge in [0, 0.05) is 42.6 Å². The number of esters is 1. The zero-order chi connectivity index (χ0) is 22.9. The first-order chi connectivity index (χ1) is 16.0. The van der Waals surface area contributed by atoms with Crippen molar-refractivity contribution in [2.45, 2.75) is 13.3 Å². The molecule has 9 heteroatoms.